The van der Waals surface area contributed by atoms with Crippen molar-refractivity contribution in [2.45, 2.75) is 13.3 Å². The maximum Gasteiger partial charge on any atom is 0.369 e. The largest absolute Gasteiger partial charge is 0.461 e. The predicted octanol–water partition coefficient (Wildman–Crippen LogP) is 0.638. The average Bonchev–Trinajstić information content (AvgIpc) is 2.54. The number of hydrogen-bond donors (Lipinski definition) is 1. The monoisotopic (exact) mass is 237 g/mol. The molecule has 7 heteroatoms. The summed E-state index contributed by atoms with van der Waals surface area (Å²) in [7, 11) is 0. The van der Waals surface area contributed by atoms with Gasteiger partial charge in [0.1, 0.15) is 5.01 Å². The van der Waals surface area contributed by atoms with Gasteiger partial charge in [-0.3, -0.25) is 0 Å². The Labute approximate surface area is 92.1 Å². The van der Waals surface area contributed by atoms with E-state index in [0.29, 0.717) is 24.6 Å². The van der Waals surface area contributed by atoms with Gasteiger partial charge in [0.05, 0.1) is 6.61 Å². The molecule has 0 saturated carbocycles. The summed E-state index contributed by atoms with van der Waals surface area (Å²) in [4.78, 5) is 11.1. The molecule has 0 fully saturated rings. The Kier molecular flexibility index (Phi) is 6.35. The number of esters is 1. The van der Waals surface area contributed by atoms with E-state index >= 15 is 0 Å². The van der Waals surface area contributed by atoms with Gasteiger partial charge in [-0.2, -0.15) is 0 Å². The Hall–Kier alpha value is -0.720. The average molecular weight is 238 g/mol. The minimum absolute atomic E-state index is 0. The normalized spacial score (nSPS) is 9.29. The number of aromatic nitrogens is 2. The molecule has 0 bridgehead atoms. The number of carbonyl (C=O) groups excluding carboxylic acids is 1. The van der Waals surface area contributed by atoms with Crippen LogP contribution in [-0.4, -0.2) is 29.3 Å². The van der Waals surface area contributed by atoms with E-state index in [2.05, 4.69) is 10.2 Å². The highest BCUT2D eigenvalue weighted by Crippen LogP contribution is 2.10. The molecule has 0 unspecified atom stereocenters. The summed E-state index contributed by atoms with van der Waals surface area (Å²) in [5.74, 6) is -0.414. The molecular formula is C7H12ClN3O2S. The Balaban J connectivity index is 0.00000169. The summed E-state index contributed by atoms with van der Waals surface area (Å²) in [6.45, 7) is 2.61. The van der Waals surface area contributed by atoms with Crippen molar-refractivity contribution in [2.24, 2.45) is 5.73 Å². The lowest BCUT2D eigenvalue weighted by Crippen LogP contribution is -2.03. The molecule has 0 aliphatic heterocycles. The van der Waals surface area contributed by atoms with Gasteiger partial charge in [-0.1, -0.05) is 11.3 Å². The Morgan fingerprint density at radius 1 is 1.57 bits per heavy atom. The van der Waals surface area contributed by atoms with Crippen molar-refractivity contribution >= 4 is 29.7 Å². The van der Waals surface area contributed by atoms with E-state index in [9.17, 15) is 4.79 Å². The Morgan fingerprint density at radius 3 is 2.86 bits per heavy atom. The summed E-state index contributed by atoms with van der Waals surface area (Å²) >= 11 is 1.23. The van der Waals surface area contributed by atoms with E-state index in [1.165, 1.54) is 11.3 Å². The first-order valence-electron chi connectivity index (χ1n) is 3.97. The first-order chi connectivity index (χ1) is 6.27. The Bertz CT molecular complexity index is 292. The molecular weight excluding hydrogens is 226 g/mol. The van der Waals surface area contributed by atoms with Crippen LogP contribution in [0.2, 0.25) is 0 Å². The van der Waals surface area contributed by atoms with Crippen LogP contribution in [-0.2, 0) is 11.2 Å². The minimum atomic E-state index is -0.414. The van der Waals surface area contributed by atoms with Crippen LogP contribution in [0.1, 0.15) is 21.7 Å². The van der Waals surface area contributed by atoms with Crippen molar-refractivity contribution in [1.29, 1.82) is 0 Å². The molecule has 0 atom stereocenters. The maximum absolute atomic E-state index is 11.1. The fourth-order valence-electron chi connectivity index (χ4n) is 0.753. The van der Waals surface area contributed by atoms with E-state index in [1.54, 1.807) is 6.92 Å². The van der Waals surface area contributed by atoms with Crippen LogP contribution < -0.4 is 5.73 Å². The lowest BCUT2D eigenvalue weighted by Gasteiger charge is -1.94. The molecule has 0 spiro atoms. The maximum atomic E-state index is 11.1. The van der Waals surface area contributed by atoms with Gasteiger partial charge in [-0.25, -0.2) is 4.79 Å². The van der Waals surface area contributed by atoms with E-state index in [-0.39, 0.29) is 12.4 Å². The molecule has 0 aliphatic rings. The van der Waals surface area contributed by atoms with Gasteiger partial charge < -0.3 is 10.5 Å². The standard InChI is InChI=1S/C7H11N3O2S.ClH/c1-2-12-7(11)6-10-9-5(13-6)3-4-8;/h2-4,8H2,1H3;1H. The van der Waals surface area contributed by atoms with E-state index < -0.39 is 5.97 Å². The molecule has 80 valence electrons. The van der Waals surface area contributed by atoms with Crippen LogP contribution in [0.25, 0.3) is 0 Å². The number of nitrogens with two attached hydrogens (primary N) is 1. The Morgan fingerprint density at radius 2 is 2.29 bits per heavy atom. The van der Waals surface area contributed by atoms with Crippen LogP contribution in [0.3, 0.4) is 0 Å². The molecule has 0 aromatic carbocycles. The SMILES string of the molecule is CCOC(=O)c1nnc(CCN)s1.Cl. The van der Waals surface area contributed by atoms with E-state index in [1.807, 2.05) is 0 Å². The van der Waals surface area contributed by atoms with Gasteiger partial charge >= 0.3 is 5.97 Å². The zero-order valence-corrected chi connectivity index (χ0v) is 9.36. The van der Waals surface area contributed by atoms with Crippen molar-refractivity contribution in [3.8, 4) is 0 Å². The lowest BCUT2D eigenvalue weighted by molar-refractivity contribution is 0.0525. The van der Waals surface area contributed by atoms with Gasteiger partial charge in [-0.15, -0.1) is 22.6 Å². The fourth-order valence-corrected chi connectivity index (χ4v) is 1.50. The van der Waals surface area contributed by atoms with Gasteiger partial charge in [0, 0.05) is 6.42 Å². The molecule has 1 aromatic rings. The van der Waals surface area contributed by atoms with E-state index in [4.69, 9.17) is 10.5 Å². The second-order valence-corrected chi connectivity index (χ2v) is 3.32. The molecule has 2 N–H and O–H groups in total. The van der Waals surface area contributed by atoms with Crippen LogP contribution in [0.15, 0.2) is 0 Å². The molecule has 1 rings (SSSR count). The van der Waals surface area contributed by atoms with Crippen molar-refractivity contribution < 1.29 is 9.53 Å². The quantitative estimate of drug-likeness (QED) is 0.778. The summed E-state index contributed by atoms with van der Waals surface area (Å²) in [5.41, 5.74) is 5.33. The molecule has 0 amide bonds. The molecule has 1 aromatic heterocycles. The number of ether oxygens (including phenoxy) is 1. The van der Waals surface area contributed by atoms with Crippen molar-refractivity contribution in [3.63, 3.8) is 0 Å². The van der Waals surface area contributed by atoms with Crippen LogP contribution >= 0.6 is 23.7 Å². The second kappa shape index (κ2) is 6.69. The molecule has 5 nitrogen and oxygen atoms in total. The zero-order chi connectivity index (χ0) is 9.68. The van der Waals surface area contributed by atoms with Crippen LogP contribution in [0.5, 0.6) is 0 Å². The van der Waals surface area contributed by atoms with Crippen molar-refractivity contribution in [1.82, 2.24) is 10.2 Å². The van der Waals surface area contributed by atoms with Gasteiger partial charge in [0.15, 0.2) is 0 Å². The highest BCUT2D eigenvalue weighted by molar-refractivity contribution is 7.13. The first-order valence-corrected chi connectivity index (χ1v) is 4.79. The summed E-state index contributed by atoms with van der Waals surface area (Å²) in [6.07, 6.45) is 0.650. The fraction of sp³-hybridized carbons (Fsp3) is 0.571. The third kappa shape index (κ3) is 3.57. The van der Waals surface area contributed by atoms with Crippen molar-refractivity contribution in [2.75, 3.05) is 13.2 Å². The second-order valence-electron chi connectivity index (χ2n) is 2.26. The zero-order valence-electron chi connectivity index (χ0n) is 7.73. The number of rotatable bonds is 4. The highest BCUT2D eigenvalue weighted by Gasteiger charge is 2.12. The van der Waals surface area contributed by atoms with Gasteiger partial charge in [0.25, 0.3) is 0 Å². The minimum Gasteiger partial charge on any atom is -0.461 e. The lowest BCUT2D eigenvalue weighted by atomic mass is 10.5. The van der Waals surface area contributed by atoms with Gasteiger partial charge in [0.2, 0.25) is 5.01 Å². The molecule has 0 radical (unpaired) electrons. The van der Waals surface area contributed by atoms with Gasteiger partial charge in [-0.05, 0) is 13.5 Å². The van der Waals surface area contributed by atoms with Crippen LogP contribution in [0.4, 0.5) is 0 Å². The van der Waals surface area contributed by atoms with Crippen molar-refractivity contribution in [3.05, 3.63) is 10.0 Å². The number of hydrogen-bond acceptors (Lipinski definition) is 6. The summed E-state index contributed by atoms with van der Waals surface area (Å²) < 4.78 is 4.76. The third-order valence-corrected chi connectivity index (χ3v) is 2.24. The third-order valence-electron chi connectivity index (χ3n) is 1.28. The molecule has 0 saturated heterocycles. The molecule has 0 aliphatic carbocycles. The molecule has 14 heavy (non-hydrogen) atoms. The topological polar surface area (TPSA) is 78.1 Å². The smallest absolute Gasteiger partial charge is 0.369 e. The van der Waals surface area contributed by atoms with Crippen LogP contribution in [0, 0.1) is 0 Å². The summed E-state index contributed by atoms with van der Waals surface area (Å²) in [6, 6.07) is 0. The predicted molar refractivity (Wildman–Crippen MR) is 55.9 cm³/mol. The van der Waals surface area contributed by atoms with E-state index in [0.717, 1.165) is 5.01 Å². The first kappa shape index (κ1) is 13.3. The number of nitrogens with zero attached hydrogens (tertiary/aromatic N) is 2. The number of carbonyl (C=O) groups is 1. The molecule has 1 heterocycles. The number of halogens is 1. The summed E-state index contributed by atoms with van der Waals surface area (Å²) in [5, 5.41) is 8.55. The highest BCUT2D eigenvalue weighted by atomic mass is 35.5.